The molecule has 2 rings (SSSR count). The fourth-order valence-electron chi connectivity index (χ4n) is 4.02. The highest BCUT2D eigenvalue weighted by Gasteiger charge is 2.35. The number of allylic oxidation sites excluding steroid dienone is 1. The van der Waals surface area contributed by atoms with Gasteiger partial charge in [0.15, 0.2) is 11.6 Å². The van der Waals surface area contributed by atoms with Crippen LogP contribution < -0.4 is 0 Å². The summed E-state index contributed by atoms with van der Waals surface area (Å²) in [4.78, 5) is 37.1. The van der Waals surface area contributed by atoms with Crippen molar-refractivity contribution in [2.75, 3.05) is 0 Å². The van der Waals surface area contributed by atoms with Gasteiger partial charge in [0.2, 0.25) is 0 Å². The van der Waals surface area contributed by atoms with E-state index < -0.39 is 23.6 Å². The van der Waals surface area contributed by atoms with Crippen molar-refractivity contribution in [1.82, 2.24) is 0 Å². The standard InChI is InChI=1S/C25H34O6/c1-3-4-5-6-7-8-9-10-11-12-13-22(31-17(2)26)18-16-21(29)23-19(27)14-15-20(28)24(23)25(18)30/h14-16,22,27-28H,3-13H2,1-2H3. The number of ether oxygens (including phenoxy) is 1. The number of rotatable bonds is 13. The highest BCUT2D eigenvalue weighted by Crippen LogP contribution is 2.36. The fraction of sp³-hybridized carbons (Fsp3) is 0.560. The van der Waals surface area contributed by atoms with E-state index in [2.05, 4.69) is 6.92 Å². The van der Waals surface area contributed by atoms with Crippen LogP contribution in [0, 0.1) is 0 Å². The molecule has 0 amide bonds. The van der Waals surface area contributed by atoms with E-state index >= 15 is 0 Å². The number of esters is 1. The maximum atomic E-state index is 13.0. The topological polar surface area (TPSA) is 101 Å². The molecule has 6 heteroatoms. The van der Waals surface area contributed by atoms with Crippen LogP contribution in [0.1, 0.15) is 105 Å². The molecule has 0 radical (unpaired) electrons. The largest absolute Gasteiger partial charge is 0.507 e. The van der Waals surface area contributed by atoms with E-state index in [0.29, 0.717) is 6.42 Å². The second-order valence-corrected chi connectivity index (χ2v) is 8.22. The first-order valence-corrected chi connectivity index (χ1v) is 11.4. The van der Waals surface area contributed by atoms with Gasteiger partial charge >= 0.3 is 5.97 Å². The zero-order valence-corrected chi connectivity index (χ0v) is 18.6. The van der Waals surface area contributed by atoms with Crippen LogP contribution in [0.3, 0.4) is 0 Å². The first-order valence-electron chi connectivity index (χ1n) is 11.4. The van der Waals surface area contributed by atoms with Gasteiger partial charge in [0.1, 0.15) is 17.6 Å². The zero-order valence-electron chi connectivity index (χ0n) is 18.6. The third kappa shape index (κ3) is 6.94. The fourth-order valence-corrected chi connectivity index (χ4v) is 4.02. The van der Waals surface area contributed by atoms with Gasteiger partial charge in [-0.2, -0.15) is 0 Å². The van der Waals surface area contributed by atoms with Crippen molar-refractivity contribution in [3.05, 3.63) is 34.9 Å². The zero-order chi connectivity index (χ0) is 22.8. The summed E-state index contributed by atoms with van der Waals surface area (Å²) in [6, 6.07) is 2.34. The molecule has 0 saturated carbocycles. The van der Waals surface area contributed by atoms with Gasteiger partial charge in [0.25, 0.3) is 0 Å². The van der Waals surface area contributed by atoms with Gasteiger partial charge in [-0.15, -0.1) is 0 Å². The Hall–Kier alpha value is -2.63. The molecule has 1 aliphatic carbocycles. The molecule has 0 aliphatic heterocycles. The van der Waals surface area contributed by atoms with Crippen LogP contribution in [0.4, 0.5) is 0 Å². The van der Waals surface area contributed by atoms with E-state index in [-0.39, 0.29) is 28.2 Å². The van der Waals surface area contributed by atoms with Crippen molar-refractivity contribution in [3.63, 3.8) is 0 Å². The van der Waals surface area contributed by atoms with Gasteiger partial charge in [-0.25, -0.2) is 0 Å². The quantitative estimate of drug-likeness (QED) is 0.238. The Bertz CT molecular complexity index is 824. The molecule has 6 nitrogen and oxygen atoms in total. The van der Waals surface area contributed by atoms with E-state index in [0.717, 1.165) is 31.8 Å². The molecule has 0 spiro atoms. The minimum atomic E-state index is -0.849. The van der Waals surface area contributed by atoms with Crippen molar-refractivity contribution in [3.8, 4) is 11.5 Å². The Labute approximate surface area is 184 Å². The van der Waals surface area contributed by atoms with E-state index in [9.17, 15) is 24.6 Å². The second kappa shape index (κ2) is 12.3. The average molecular weight is 431 g/mol. The molecule has 1 aromatic rings. The predicted molar refractivity (Wildman–Crippen MR) is 119 cm³/mol. The molecule has 1 aromatic carbocycles. The summed E-state index contributed by atoms with van der Waals surface area (Å²) >= 11 is 0. The van der Waals surface area contributed by atoms with Gasteiger partial charge in [-0.3, -0.25) is 14.4 Å². The highest BCUT2D eigenvalue weighted by molar-refractivity contribution is 6.27. The molecular formula is C25H34O6. The van der Waals surface area contributed by atoms with Crippen LogP contribution >= 0.6 is 0 Å². The lowest BCUT2D eigenvalue weighted by Gasteiger charge is -2.23. The van der Waals surface area contributed by atoms with Gasteiger partial charge in [0, 0.05) is 12.5 Å². The number of ketones is 2. The maximum Gasteiger partial charge on any atom is 0.303 e. The van der Waals surface area contributed by atoms with Crippen LogP contribution in [0.5, 0.6) is 11.5 Å². The molecule has 0 bridgehead atoms. The Balaban J connectivity index is 1.94. The number of benzene rings is 1. The molecule has 0 heterocycles. The number of phenolic OH excluding ortho intramolecular Hbond substituents is 2. The number of carbonyl (C=O) groups is 3. The molecule has 31 heavy (non-hydrogen) atoms. The predicted octanol–water partition coefficient (Wildman–Crippen LogP) is 5.65. The first kappa shape index (κ1) is 24.6. The highest BCUT2D eigenvalue weighted by atomic mass is 16.5. The molecule has 1 unspecified atom stereocenters. The molecule has 2 N–H and O–H groups in total. The number of phenols is 2. The van der Waals surface area contributed by atoms with Gasteiger partial charge in [-0.05, 0) is 31.1 Å². The molecule has 1 atom stereocenters. The van der Waals surface area contributed by atoms with Gasteiger partial charge in [0.05, 0.1) is 11.1 Å². The summed E-state index contributed by atoms with van der Waals surface area (Å²) in [5, 5.41) is 20.0. The van der Waals surface area contributed by atoms with Crippen LogP contribution in [0.2, 0.25) is 0 Å². The summed E-state index contributed by atoms with van der Waals surface area (Å²) in [6.07, 6.45) is 12.3. The Morgan fingerprint density at radius 3 is 1.94 bits per heavy atom. The Morgan fingerprint density at radius 2 is 1.39 bits per heavy atom. The summed E-state index contributed by atoms with van der Waals surface area (Å²) in [5.74, 6) is -2.46. The van der Waals surface area contributed by atoms with Crippen molar-refractivity contribution in [2.24, 2.45) is 0 Å². The number of unbranched alkanes of at least 4 members (excludes halogenated alkanes) is 9. The summed E-state index contributed by atoms with van der Waals surface area (Å²) in [7, 11) is 0. The first-order chi connectivity index (χ1) is 14.9. The van der Waals surface area contributed by atoms with Crippen molar-refractivity contribution in [1.29, 1.82) is 0 Å². The molecule has 0 fully saturated rings. The number of fused-ring (bicyclic) bond motifs is 1. The smallest absolute Gasteiger partial charge is 0.303 e. The van der Waals surface area contributed by atoms with Crippen LogP contribution in [0.25, 0.3) is 0 Å². The molecular weight excluding hydrogens is 396 g/mol. The SMILES string of the molecule is CCCCCCCCCCCCC(OC(C)=O)C1=CC(=O)c2c(O)ccc(O)c2C1=O. The monoisotopic (exact) mass is 430 g/mol. The van der Waals surface area contributed by atoms with Crippen molar-refractivity contribution >= 4 is 17.5 Å². The number of aromatic hydroxyl groups is 2. The van der Waals surface area contributed by atoms with E-state index in [1.165, 1.54) is 57.6 Å². The third-order valence-electron chi connectivity index (χ3n) is 5.66. The number of hydrogen-bond acceptors (Lipinski definition) is 6. The molecule has 0 aromatic heterocycles. The number of carbonyl (C=O) groups excluding carboxylic acids is 3. The normalized spacial score (nSPS) is 14.2. The molecule has 0 saturated heterocycles. The lowest BCUT2D eigenvalue weighted by molar-refractivity contribution is -0.144. The second-order valence-electron chi connectivity index (χ2n) is 8.22. The third-order valence-corrected chi connectivity index (χ3v) is 5.66. The lowest BCUT2D eigenvalue weighted by atomic mass is 9.84. The molecule has 170 valence electrons. The maximum absolute atomic E-state index is 13.0. The van der Waals surface area contributed by atoms with Crippen LogP contribution in [0.15, 0.2) is 23.8 Å². The van der Waals surface area contributed by atoms with E-state index in [4.69, 9.17) is 4.74 Å². The van der Waals surface area contributed by atoms with E-state index in [1.807, 2.05) is 0 Å². The molecule has 1 aliphatic rings. The number of hydrogen-bond donors (Lipinski definition) is 2. The van der Waals surface area contributed by atoms with Gasteiger partial charge < -0.3 is 14.9 Å². The minimum Gasteiger partial charge on any atom is -0.507 e. The Kier molecular flexibility index (Phi) is 9.76. The van der Waals surface area contributed by atoms with Gasteiger partial charge in [-0.1, -0.05) is 64.7 Å². The summed E-state index contributed by atoms with van der Waals surface area (Å²) < 4.78 is 5.35. The number of Topliss-reactive ketones (excluding diaryl/α,β-unsaturated/α-hetero) is 1. The average Bonchev–Trinajstić information content (AvgIpc) is 2.72. The van der Waals surface area contributed by atoms with Crippen LogP contribution in [-0.4, -0.2) is 33.9 Å². The van der Waals surface area contributed by atoms with Crippen molar-refractivity contribution in [2.45, 2.75) is 90.6 Å². The van der Waals surface area contributed by atoms with E-state index in [1.54, 1.807) is 0 Å². The van der Waals surface area contributed by atoms with Crippen molar-refractivity contribution < 1.29 is 29.3 Å². The minimum absolute atomic E-state index is 0.0459. The Morgan fingerprint density at radius 1 is 0.871 bits per heavy atom. The van der Waals surface area contributed by atoms with Crippen LogP contribution in [-0.2, 0) is 9.53 Å². The summed E-state index contributed by atoms with van der Waals surface area (Å²) in [5.41, 5.74) is -0.401. The lowest BCUT2D eigenvalue weighted by Crippen LogP contribution is -2.28. The summed E-state index contributed by atoms with van der Waals surface area (Å²) in [6.45, 7) is 3.47.